The average molecular weight is 829 g/mol. The number of carbonyl (C=O) groups is 2. The van der Waals surface area contributed by atoms with Crippen molar-refractivity contribution in [2.24, 2.45) is 0 Å². The number of halogens is 2. The molecule has 0 saturated carbocycles. The van der Waals surface area contributed by atoms with Crippen LogP contribution in [0.2, 0.25) is 10.0 Å². The van der Waals surface area contributed by atoms with Crippen LogP contribution in [-0.4, -0.2) is 40.8 Å². The molecule has 0 saturated heterocycles. The minimum absolute atomic E-state index is 0.250. The summed E-state index contributed by atoms with van der Waals surface area (Å²) in [6.07, 6.45) is 6.13. The van der Waals surface area contributed by atoms with Gasteiger partial charge in [0.05, 0.1) is 11.8 Å². The minimum atomic E-state index is -3.67. The Hall–Kier alpha value is -6.13. The third-order valence-electron chi connectivity index (χ3n) is 9.75. The van der Waals surface area contributed by atoms with Gasteiger partial charge in [0.15, 0.2) is 0 Å². The normalized spacial score (nSPS) is 11.3. The molecular weight excluding hydrogens is 790 g/mol. The fourth-order valence-electron chi connectivity index (χ4n) is 7.03. The van der Waals surface area contributed by atoms with Crippen molar-refractivity contribution >= 4 is 66.9 Å². The summed E-state index contributed by atoms with van der Waals surface area (Å²) in [6.45, 7) is 1.61. The number of fused-ring (bicyclic) bond motifs is 2. The highest BCUT2D eigenvalue weighted by molar-refractivity contribution is 7.89. The molecule has 8 rings (SSSR count). The number of hydrogen-bond donors (Lipinski definition) is 2. The highest BCUT2D eigenvalue weighted by atomic mass is 35.5. The van der Waals surface area contributed by atoms with E-state index in [9.17, 15) is 23.1 Å². The lowest BCUT2D eigenvalue weighted by Crippen LogP contribution is -2.30. The molecule has 1 amide bonds. The first-order valence-corrected chi connectivity index (χ1v) is 21.1. The maximum Gasteiger partial charge on any atom is 0.336 e. The van der Waals surface area contributed by atoms with Gasteiger partial charge in [0.1, 0.15) is 0 Å². The fourth-order valence-corrected chi connectivity index (χ4v) is 7.83. The van der Waals surface area contributed by atoms with E-state index in [1.807, 2.05) is 47.2 Å². The first-order chi connectivity index (χ1) is 27.9. The molecule has 8 aromatic rings. The van der Waals surface area contributed by atoms with Crippen molar-refractivity contribution in [3.8, 4) is 0 Å². The lowest BCUT2D eigenvalue weighted by molar-refractivity contribution is 0.0695. The van der Waals surface area contributed by atoms with Crippen LogP contribution in [0.3, 0.4) is 0 Å². The third kappa shape index (κ3) is 10.0. The monoisotopic (exact) mass is 827 g/mol. The number of hydrogen-bond acceptors (Lipinski definition) is 4. The van der Waals surface area contributed by atoms with Crippen LogP contribution in [0.4, 0.5) is 0 Å². The van der Waals surface area contributed by atoms with Gasteiger partial charge in [-0.3, -0.25) is 4.79 Å². The highest BCUT2D eigenvalue weighted by Gasteiger charge is 2.17. The maximum absolute atomic E-state index is 12.5. The number of nitrogens with zero attached hydrogens (tertiary/aromatic N) is 2. The van der Waals surface area contributed by atoms with Crippen LogP contribution in [0.5, 0.6) is 0 Å². The van der Waals surface area contributed by atoms with Crippen LogP contribution in [-0.2, 0) is 36.0 Å². The second kappa shape index (κ2) is 17.6. The van der Waals surface area contributed by atoms with Gasteiger partial charge < -0.3 is 14.2 Å². The number of carboxylic acid groups (broad SMARTS) is 1. The van der Waals surface area contributed by atoms with Crippen molar-refractivity contribution in [1.29, 1.82) is 0 Å². The van der Waals surface area contributed by atoms with E-state index in [0.717, 1.165) is 57.8 Å². The standard InChI is InChI=1S/C24H21ClN2O3S.C23H18ClNO2/c1-31(29,30)26-24(28)22-15-21(25)9-8-19(22)13-18-7-10-23-20(14-18)11-12-27(23)16-17-5-3-2-4-6-17;24-20-8-7-18(21(14-20)23(26)27)12-17-6-9-22-19(13-17)10-11-25(22)15-16-4-2-1-3-5-16/h2-12,14-15H,13,16H2,1H3,(H,26,28);1-11,13-14H,12,15H2,(H,26,27). The Balaban J connectivity index is 0.000000178. The lowest BCUT2D eigenvalue weighted by atomic mass is 9.98. The molecule has 0 aliphatic rings. The summed E-state index contributed by atoms with van der Waals surface area (Å²) >= 11 is 12.0. The number of carbonyl (C=O) groups excluding carboxylic acids is 1. The van der Waals surface area contributed by atoms with Crippen LogP contribution >= 0.6 is 23.2 Å². The van der Waals surface area contributed by atoms with Gasteiger partial charge in [-0.1, -0.05) is 108 Å². The minimum Gasteiger partial charge on any atom is -0.478 e. The van der Waals surface area contributed by atoms with E-state index < -0.39 is 21.9 Å². The zero-order chi connectivity index (χ0) is 40.8. The summed E-state index contributed by atoms with van der Waals surface area (Å²) in [5, 5.41) is 12.5. The van der Waals surface area contributed by atoms with Crippen molar-refractivity contribution in [2.75, 3.05) is 6.26 Å². The summed E-state index contributed by atoms with van der Waals surface area (Å²) < 4.78 is 29.4. The number of sulfonamides is 1. The van der Waals surface area contributed by atoms with E-state index in [4.69, 9.17) is 23.2 Å². The largest absolute Gasteiger partial charge is 0.478 e. The molecule has 11 heteroatoms. The fraction of sp³-hybridized carbons (Fsp3) is 0.106. The number of aromatic carboxylic acids is 1. The average Bonchev–Trinajstić information content (AvgIpc) is 3.79. The Bertz CT molecular complexity index is 2870. The molecule has 2 aromatic heterocycles. The van der Waals surface area contributed by atoms with Gasteiger partial charge in [0.2, 0.25) is 10.0 Å². The number of carboxylic acids is 1. The second-order valence-corrected chi connectivity index (χ2v) is 16.7. The summed E-state index contributed by atoms with van der Waals surface area (Å²) in [4.78, 5) is 24.0. The van der Waals surface area contributed by atoms with E-state index in [0.29, 0.717) is 28.5 Å². The molecular formula is C47H39Cl2N3O5S. The molecule has 6 aromatic carbocycles. The quantitative estimate of drug-likeness (QED) is 0.135. The number of benzene rings is 6. The topological polar surface area (TPSA) is 110 Å². The lowest BCUT2D eigenvalue weighted by Gasteiger charge is -2.11. The summed E-state index contributed by atoms with van der Waals surface area (Å²) in [6, 6.07) is 47.2. The van der Waals surface area contributed by atoms with Crippen LogP contribution in [0.1, 0.15) is 54.1 Å². The molecule has 58 heavy (non-hydrogen) atoms. The molecule has 0 spiro atoms. The first kappa shape index (κ1) is 40.1. The molecule has 8 nitrogen and oxygen atoms in total. The van der Waals surface area contributed by atoms with Crippen LogP contribution < -0.4 is 4.72 Å². The molecule has 2 heterocycles. The smallest absolute Gasteiger partial charge is 0.336 e. The van der Waals surface area contributed by atoms with Gasteiger partial charge in [-0.25, -0.2) is 17.9 Å². The Morgan fingerprint density at radius 3 is 1.47 bits per heavy atom. The summed E-state index contributed by atoms with van der Waals surface area (Å²) in [5.74, 6) is -1.64. The van der Waals surface area contributed by atoms with Gasteiger partial charge in [-0.2, -0.15) is 0 Å². The molecule has 0 aliphatic carbocycles. The van der Waals surface area contributed by atoms with Crippen molar-refractivity contribution in [1.82, 2.24) is 13.9 Å². The number of amides is 1. The Labute approximate surface area is 347 Å². The molecule has 0 unspecified atom stereocenters. The maximum atomic E-state index is 12.5. The van der Waals surface area contributed by atoms with Gasteiger partial charge in [-0.05, 0) is 118 Å². The number of nitrogens with one attached hydrogen (secondary N) is 1. The number of rotatable bonds is 11. The Morgan fingerprint density at radius 2 is 1.02 bits per heavy atom. The van der Waals surface area contributed by atoms with Crippen LogP contribution in [0.15, 0.2) is 158 Å². The molecule has 0 atom stereocenters. The predicted molar refractivity (Wildman–Crippen MR) is 233 cm³/mol. The van der Waals surface area contributed by atoms with Crippen LogP contribution in [0.25, 0.3) is 21.8 Å². The van der Waals surface area contributed by atoms with Gasteiger partial charge in [0.25, 0.3) is 5.91 Å². The highest BCUT2D eigenvalue weighted by Crippen LogP contribution is 2.26. The Morgan fingerprint density at radius 1 is 0.569 bits per heavy atom. The van der Waals surface area contributed by atoms with E-state index in [-0.39, 0.29) is 11.1 Å². The van der Waals surface area contributed by atoms with Crippen LogP contribution in [0, 0.1) is 0 Å². The molecule has 0 bridgehead atoms. The summed E-state index contributed by atoms with van der Waals surface area (Å²) in [7, 11) is -3.67. The van der Waals surface area contributed by atoms with Gasteiger partial charge >= 0.3 is 5.97 Å². The van der Waals surface area contributed by atoms with Crippen molar-refractivity contribution in [3.63, 3.8) is 0 Å². The van der Waals surface area contributed by atoms with Crippen molar-refractivity contribution in [2.45, 2.75) is 25.9 Å². The Kier molecular flexibility index (Phi) is 12.1. The molecule has 0 aliphatic heterocycles. The van der Waals surface area contributed by atoms with E-state index in [1.165, 1.54) is 23.3 Å². The predicted octanol–water partition coefficient (Wildman–Crippen LogP) is 10.3. The number of aromatic nitrogens is 2. The molecule has 292 valence electrons. The van der Waals surface area contributed by atoms with E-state index in [1.54, 1.807) is 24.3 Å². The molecule has 0 fully saturated rings. The zero-order valence-electron chi connectivity index (χ0n) is 31.5. The SMILES string of the molecule is CS(=O)(=O)NC(=O)c1cc(Cl)ccc1Cc1ccc2c(ccn2Cc2ccccc2)c1.O=C(O)c1cc(Cl)ccc1Cc1ccc2c(ccn2Cc2ccccc2)c1. The molecule has 0 radical (unpaired) electrons. The first-order valence-electron chi connectivity index (χ1n) is 18.4. The van der Waals surface area contributed by atoms with Crippen molar-refractivity contribution < 1.29 is 23.1 Å². The zero-order valence-corrected chi connectivity index (χ0v) is 33.8. The van der Waals surface area contributed by atoms with E-state index >= 15 is 0 Å². The van der Waals surface area contributed by atoms with E-state index in [2.05, 4.69) is 88.3 Å². The molecule has 2 N–H and O–H groups in total. The van der Waals surface area contributed by atoms with Gasteiger partial charge in [0, 0.05) is 52.1 Å². The second-order valence-electron chi connectivity index (χ2n) is 14.1. The van der Waals surface area contributed by atoms with Crippen molar-refractivity contribution in [3.05, 3.63) is 213 Å². The third-order valence-corrected chi connectivity index (χ3v) is 10.8. The summed E-state index contributed by atoms with van der Waals surface area (Å²) in [5.41, 5.74) is 8.83. The van der Waals surface area contributed by atoms with Gasteiger partial charge in [-0.15, -0.1) is 0 Å².